The number of aromatic amines is 1. The van der Waals surface area contributed by atoms with Crippen LogP contribution in [0.3, 0.4) is 0 Å². The summed E-state index contributed by atoms with van der Waals surface area (Å²) in [6.07, 6.45) is 0. The van der Waals surface area contributed by atoms with Gasteiger partial charge < -0.3 is 0 Å². The summed E-state index contributed by atoms with van der Waals surface area (Å²) >= 11 is 0. The number of para-hydroxylation sites is 2. The van der Waals surface area contributed by atoms with Gasteiger partial charge in [0.25, 0.3) is 11.6 Å². The van der Waals surface area contributed by atoms with Crippen LogP contribution in [0.5, 0.6) is 0 Å². The first kappa shape index (κ1) is 18.7. The van der Waals surface area contributed by atoms with Crippen LogP contribution in [0.15, 0.2) is 78.9 Å². The second-order valence-corrected chi connectivity index (χ2v) is 7.10. The Bertz CT molecular complexity index is 1300. The largest absolute Gasteiger partial charge is 0.295 e. The highest BCUT2D eigenvalue weighted by molar-refractivity contribution is 6.11. The first-order chi connectivity index (χ1) is 15.1. The molecular weight excluding hydrogens is 399 g/mol. The zero-order valence-corrected chi connectivity index (χ0v) is 16.0. The highest BCUT2D eigenvalue weighted by atomic mass is 19.1. The maximum Gasteiger partial charge on any atom is 0.277 e. The number of nitrogens with zero attached hydrogens (tertiary/aromatic N) is 3. The third kappa shape index (κ3) is 2.96. The number of H-pyrrole nitrogens is 1. The number of aromatic nitrogens is 2. The van der Waals surface area contributed by atoms with Gasteiger partial charge in [0.05, 0.1) is 22.2 Å². The Hall–Kier alpha value is -4.33. The monoisotopic (exact) mass is 414 g/mol. The number of hydrogen-bond acceptors (Lipinski definition) is 4. The molecule has 1 aliphatic heterocycles. The molecule has 8 heteroatoms. The minimum Gasteiger partial charge on any atom is -0.295 e. The van der Waals surface area contributed by atoms with Crippen molar-refractivity contribution in [1.82, 2.24) is 10.2 Å². The number of nitrogens with one attached hydrogen (secondary N) is 1. The van der Waals surface area contributed by atoms with E-state index in [0.717, 1.165) is 0 Å². The topological polar surface area (TPSA) is 92.1 Å². The minimum atomic E-state index is -0.773. The molecule has 7 nitrogen and oxygen atoms in total. The van der Waals surface area contributed by atoms with Crippen molar-refractivity contribution in [3.8, 4) is 11.3 Å². The molecular formula is C23H15FN4O3. The summed E-state index contributed by atoms with van der Waals surface area (Å²) < 4.78 is 13.5. The number of benzene rings is 3. The first-order valence-corrected chi connectivity index (χ1v) is 9.52. The van der Waals surface area contributed by atoms with Crippen molar-refractivity contribution in [3.05, 3.63) is 112 Å². The molecule has 1 aliphatic rings. The molecule has 3 aromatic carbocycles. The van der Waals surface area contributed by atoms with E-state index in [1.54, 1.807) is 54.6 Å². The number of amides is 1. The zero-order valence-electron chi connectivity index (χ0n) is 16.0. The van der Waals surface area contributed by atoms with Crippen LogP contribution in [0.1, 0.15) is 27.7 Å². The lowest BCUT2D eigenvalue weighted by Gasteiger charge is -2.26. The molecule has 0 radical (unpaired) electrons. The SMILES string of the molecule is O=C1c2[nH]nc(-c3ccc(F)cc3)c2[C@H](c2ccccc2[N+](=O)[O-])N1c1ccccc1. The quantitative estimate of drug-likeness (QED) is 0.381. The van der Waals surface area contributed by atoms with Gasteiger partial charge in [0, 0.05) is 22.9 Å². The van der Waals surface area contributed by atoms with Crippen molar-refractivity contribution in [2.24, 2.45) is 0 Å². The smallest absolute Gasteiger partial charge is 0.277 e. The standard InChI is InChI=1S/C23H15FN4O3/c24-15-12-10-14(11-13-15)20-19-21(26-25-20)23(29)27(16-6-2-1-3-7-16)22(19)17-8-4-5-9-18(17)28(30)31/h1-13,22H,(H,25,26)/t22-/m0/s1. The Morgan fingerprint density at radius 3 is 2.35 bits per heavy atom. The fourth-order valence-corrected chi connectivity index (χ4v) is 4.01. The van der Waals surface area contributed by atoms with Gasteiger partial charge in [0.2, 0.25) is 0 Å². The van der Waals surface area contributed by atoms with Gasteiger partial charge in [-0.05, 0) is 42.5 Å². The van der Waals surface area contributed by atoms with E-state index in [-0.39, 0.29) is 17.3 Å². The Morgan fingerprint density at radius 2 is 1.65 bits per heavy atom. The van der Waals surface area contributed by atoms with E-state index in [1.165, 1.54) is 23.1 Å². The van der Waals surface area contributed by atoms with Gasteiger partial charge >= 0.3 is 0 Å². The van der Waals surface area contributed by atoms with Crippen LogP contribution < -0.4 is 4.90 Å². The number of anilines is 1. The summed E-state index contributed by atoms with van der Waals surface area (Å²) in [6, 6.07) is 20.3. The van der Waals surface area contributed by atoms with E-state index in [4.69, 9.17) is 0 Å². The number of rotatable bonds is 4. The number of nitro groups is 1. The Morgan fingerprint density at radius 1 is 0.968 bits per heavy atom. The van der Waals surface area contributed by atoms with Crippen LogP contribution in [0, 0.1) is 15.9 Å². The van der Waals surface area contributed by atoms with Crippen molar-refractivity contribution in [2.75, 3.05) is 4.90 Å². The molecule has 0 unspecified atom stereocenters. The summed E-state index contributed by atoms with van der Waals surface area (Å²) in [5.74, 6) is -0.738. The van der Waals surface area contributed by atoms with Crippen LogP contribution in [0.2, 0.25) is 0 Å². The lowest BCUT2D eigenvalue weighted by atomic mass is 9.94. The summed E-state index contributed by atoms with van der Waals surface area (Å²) in [5.41, 5.74) is 2.70. The normalized spacial score (nSPS) is 15.2. The Kier molecular flexibility index (Phi) is 4.32. The maximum absolute atomic E-state index is 13.5. The molecule has 31 heavy (non-hydrogen) atoms. The summed E-state index contributed by atoms with van der Waals surface area (Å²) in [5, 5.41) is 18.9. The van der Waals surface area contributed by atoms with Crippen LogP contribution in [-0.2, 0) is 0 Å². The Balaban J connectivity index is 1.77. The molecule has 0 saturated carbocycles. The molecule has 4 aromatic rings. The van der Waals surface area contributed by atoms with Gasteiger partial charge in [-0.3, -0.25) is 24.9 Å². The molecule has 0 aliphatic carbocycles. The number of nitro benzene ring substituents is 1. The van der Waals surface area contributed by atoms with Gasteiger partial charge in [-0.15, -0.1) is 0 Å². The lowest BCUT2D eigenvalue weighted by Crippen LogP contribution is -2.29. The van der Waals surface area contributed by atoms with Crippen LogP contribution in [0.25, 0.3) is 11.3 Å². The predicted molar refractivity (Wildman–Crippen MR) is 112 cm³/mol. The second kappa shape index (κ2) is 7.17. The van der Waals surface area contributed by atoms with Gasteiger partial charge in [0.15, 0.2) is 0 Å². The van der Waals surface area contributed by atoms with Gasteiger partial charge in [-0.1, -0.05) is 30.3 Å². The third-order valence-electron chi connectivity index (χ3n) is 5.35. The van der Waals surface area contributed by atoms with E-state index in [9.17, 15) is 19.3 Å². The van der Waals surface area contributed by atoms with Crippen molar-refractivity contribution in [3.63, 3.8) is 0 Å². The number of fused-ring (bicyclic) bond motifs is 1. The van der Waals surface area contributed by atoms with E-state index < -0.39 is 16.8 Å². The van der Waals surface area contributed by atoms with Gasteiger partial charge in [0.1, 0.15) is 11.5 Å². The predicted octanol–water partition coefficient (Wildman–Crippen LogP) is 4.87. The molecule has 1 atom stereocenters. The van der Waals surface area contributed by atoms with Crippen molar-refractivity contribution < 1.29 is 14.1 Å². The van der Waals surface area contributed by atoms with E-state index >= 15 is 0 Å². The van der Waals surface area contributed by atoms with Crippen LogP contribution >= 0.6 is 0 Å². The highest BCUT2D eigenvalue weighted by Gasteiger charge is 2.45. The van der Waals surface area contributed by atoms with E-state index in [2.05, 4.69) is 10.2 Å². The number of carbonyl (C=O) groups excluding carboxylic acids is 1. The van der Waals surface area contributed by atoms with E-state index in [1.807, 2.05) is 6.07 Å². The van der Waals surface area contributed by atoms with Crippen molar-refractivity contribution in [2.45, 2.75) is 6.04 Å². The first-order valence-electron chi connectivity index (χ1n) is 9.52. The average molecular weight is 414 g/mol. The zero-order chi connectivity index (χ0) is 21.5. The van der Waals surface area contributed by atoms with Crippen LogP contribution in [0.4, 0.5) is 15.8 Å². The minimum absolute atomic E-state index is 0.0969. The molecule has 0 spiro atoms. The Labute approximate surface area is 175 Å². The molecule has 0 saturated heterocycles. The highest BCUT2D eigenvalue weighted by Crippen LogP contribution is 2.46. The van der Waals surface area contributed by atoms with Gasteiger partial charge in [-0.2, -0.15) is 5.10 Å². The van der Waals surface area contributed by atoms with Crippen molar-refractivity contribution in [1.29, 1.82) is 0 Å². The number of carbonyl (C=O) groups is 1. The lowest BCUT2D eigenvalue weighted by molar-refractivity contribution is -0.385. The summed E-state index contributed by atoms with van der Waals surface area (Å²) in [6.45, 7) is 0. The fourth-order valence-electron chi connectivity index (χ4n) is 4.01. The molecule has 0 bridgehead atoms. The van der Waals surface area contributed by atoms with E-state index in [0.29, 0.717) is 28.1 Å². The molecule has 0 fully saturated rings. The molecule has 152 valence electrons. The number of hydrogen-bond donors (Lipinski definition) is 1. The van der Waals surface area contributed by atoms with Crippen LogP contribution in [-0.4, -0.2) is 21.0 Å². The third-order valence-corrected chi connectivity index (χ3v) is 5.35. The fraction of sp³-hybridized carbons (Fsp3) is 0.0435. The maximum atomic E-state index is 13.5. The molecule has 5 rings (SSSR count). The summed E-state index contributed by atoms with van der Waals surface area (Å²) in [7, 11) is 0. The molecule has 1 amide bonds. The molecule has 1 N–H and O–H groups in total. The second-order valence-electron chi connectivity index (χ2n) is 7.10. The summed E-state index contributed by atoms with van der Waals surface area (Å²) in [4.78, 5) is 26.2. The number of halogens is 1. The van der Waals surface area contributed by atoms with Crippen molar-refractivity contribution >= 4 is 17.3 Å². The molecule has 2 heterocycles. The van der Waals surface area contributed by atoms with Gasteiger partial charge in [-0.25, -0.2) is 4.39 Å². The molecule has 1 aromatic heterocycles. The average Bonchev–Trinajstić information content (AvgIpc) is 3.34.